The Balaban J connectivity index is 1.87. The Bertz CT molecular complexity index is 460. The van der Waals surface area contributed by atoms with Gasteiger partial charge >= 0.3 is 0 Å². The maximum absolute atomic E-state index is 11.6. The number of nitrogens with zero attached hydrogens (tertiary/aromatic N) is 2. The number of hydrogen-bond donors (Lipinski definition) is 2. The van der Waals surface area contributed by atoms with Gasteiger partial charge in [-0.05, 0) is 25.8 Å². The van der Waals surface area contributed by atoms with Crippen LogP contribution in [0.3, 0.4) is 0 Å². The zero-order valence-corrected chi connectivity index (χ0v) is 10.1. The number of hydrogen-bond acceptors (Lipinski definition) is 4. The second-order valence-corrected chi connectivity index (χ2v) is 5.02. The molecule has 17 heavy (non-hydrogen) atoms. The first-order chi connectivity index (χ1) is 8.24. The Morgan fingerprint density at radius 3 is 2.88 bits per heavy atom. The molecule has 1 aliphatic carbocycles. The summed E-state index contributed by atoms with van der Waals surface area (Å²) in [7, 11) is 2.02. The van der Waals surface area contributed by atoms with Crippen LogP contribution < -0.4 is 15.8 Å². The monoisotopic (exact) mass is 234 g/mol. The van der Waals surface area contributed by atoms with Gasteiger partial charge in [0.25, 0.3) is 5.56 Å². The third-order valence-corrected chi connectivity index (χ3v) is 3.65. The van der Waals surface area contributed by atoms with Crippen molar-refractivity contribution in [2.75, 3.05) is 25.0 Å². The Kier molecular flexibility index (Phi) is 2.63. The molecule has 0 radical (unpaired) electrons. The summed E-state index contributed by atoms with van der Waals surface area (Å²) >= 11 is 0. The fourth-order valence-corrected chi connectivity index (χ4v) is 2.35. The molecular weight excluding hydrogens is 216 g/mol. The summed E-state index contributed by atoms with van der Waals surface area (Å²) < 4.78 is 0. The van der Waals surface area contributed by atoms with Crippen LogP contribution >= 0.6 is 0 Å². The van der Waals surface area contributed by atoms with Crippen LogP contribution in [0.2, 0.25) is 0 Å². The molecule has 0 bridgehead atoms. The first-order valence-electron chi connectivity index (χ1n) is 6.29. The smallest absolute Gasteiger partial charge is 0.252 e. The van der Waals surface area contributed by atoms with E-state index in [1.807, 2.05) is 7.05 Å². The lowest BCUT2D eigenvalue weighted by atomic mass is 10.2. The van der Waals surface area contributed by atoms with Crippen LogP contribution in [0.5, 0.6) is 0 Å². The van der Waals surface area contributed by atoms with Crippen molar-refractivity contribution in [2.45, 2.75) is 31.2 Å². The molecule has 3 rings (SSSR count). The number of likely N-dealkylation sites (N-methyl/N-ethyl adjacent to an activating group) is 1. The lowest BCUT2D eigenvalue weighted by molar-refractivity contribution is 0.672. The topological polar surface area (TPSA) is 61.0 Å². The average Bonchev–Trinajstić information content (AvgIpc) is 3.03. The van der Waals surface area contributed by atoms with E-state index >= 15 is 0 Å². The fraction of sp³-hybridized carbons (Fsp3) is 0.667. The molecular formula is C12H18N4O. The minimum absolute atomic E-state index is 0.0327. The number of rotatable bonds is 3. The normalized spacial score (nSPS) is 23.9. The van der Waals surface area contributed by atoms with Crippen LogP contribution in [-0.4, -0.2) is 36.1 Å². The highest BCUT2D eigenvalue weighted by molar-refractivity contribution is 5.39. The van der Waals surface area contributed by atoms with Gasteiger partial charge in [-0.1, -0.05) is 0 Å². The van der Waals surface area contributed by atoms with Gasteiger partial charge in [0.1, 0.15) is 11.6 Å². The molecule has 1 saturated carbocycles. The molecule has 1 unspecified atom stereocenters. The van der Waals surface area contributed by atoms with Crippen LogP contribution in [0.25, 0.3) is 0 Å². The van der Waals surface area contributed by atoms with E-state index in [1.54, 1.807) is 6.07 Å². The summed E-state index contributed by atoms with van der Waals surface area (Å²) in [5.74, 6) is 2.16. The molecule has 1 aromatic rings. The van der Waals surface area contributed by atoms with E-state index in [9.17, 15) is 4.79 Å². The van der Waals surface area contributed by atoms with Crippen molar-refractivity contribution in [2.24, 2.45) is 0 Å². The van der Waals surface area contributed by atoms with Crippen LogP contribution in [0.1, 0.15) is 31.0 Å². The molecule has 0 amide bonds. The maximum Gasteiger partial charge on any atom is 0.252 e. The first-order valence-corrected chi connectivity index (χ1v) is 6.29. The van der Waals surface area contributed by atoms with Crippen molar-refractivity contribution in [1.82, 2.24) is 15.3 Å². The number of H-pyrrole nitrogens is 1. The molecule has 2 fully saturated rings. The minimum atomic E-state index is -0.0327. The van der Waals surface area contributed by atoms with E-state index in [1.165, 1.54) is 0 Å². The van der Waals surface area contributed by atoms with Gasteiger partial charge in [0.05, 0.1) is 0 Å². The van der Waals surface area contributed by atoms with E-state index in [4.69, 9.17) is 0 Å². The van der Waals surface area contributed by atoms with Gasteiger partial charge < -0.3 is 15.2 Å². The molecule has 92 valence electrons. The molecule has 2 aliphatic rings. The Labute approximate surface area is 100 Å². The molecule has 2 heterocycles. The lowest BCUT2D eigenvalue weighted by Crippen LogP contribution is -2.35. The fourth-order valence-electron chi connectivity index (χ4n) is 2.35. The third-order valence-electron chi connectivity index (χ3n) is 3.65. The van der Waals surface area contributed by atoms with Gasteiger partial charge in [0.2, 0.25) is 0 Å². The summed E-state index contributed by atoms with van der Waals surface area (Å²) in [6.07, 6.45) is 3.42. The van der Waals surface area contributed by atoms with Crippen LogP contribution in [0.4, 0.5) is 5.82 Å². The number of anilines is 1. The largest absolute Gasteiger partial charge is 0.355 e. The van der Waals surface area contributed by atoms with Crippen molar-refractivity contribution in [3.63, 3.8) is 0 Å². The predicted octanol–water partition coefficient (Wildman–Crippen LogP) is 0.445. The number of aromatic nitrogens is 2. The van der Waals surface area contributed by atoms with E-state index in [0.29, 0.717) is 12.0 Å². The highest BCUT2D eigenvalue weighted by atomic mass is 16.1. The van der Waals surface area contributed by atoms with Crippen LogP contribution in [0.15, 0.2) is 10.9 Å². The van der Waals surface area contributed by atoms with E-state index in [-0.39, 0.29) is 5.56 Å². The molecule has 2 N–H and O–H groups in total. The highest BCUT2D eigenvalue weighted by Crippen LogP contribution is 2.37. The molecule has 1 atom stereocenters. The minimum Gasteiger partial charge on any atom is -0.355 e. The van der Waals surface area contributed by atoms with Crippen molar-refractivity contribution < 1.29 is 0 Å². The SMILES string of the molecule is CN(c1cc(=O)[nH]c(C2CC2)n1)C1CCNC1. The molecule has 1 aromatic heterocycles. The summed E-state index contributed by atoms with van der Waals surface area (Å²) in [6, 6.07) is 2.06. The molecule has 0 spiro atoms. The standard InChI is InChI=1S/C12H18N4O/c1-16(9-4-5-13-7-9)10-6-11(17)15-12(14-10)8-2-3-8/h6,8-9,13H,2-5,7H2,1H3,(H,14,15,17). The predicted molar refractivity (Wildman–Crippen MR) is 66.5 cm³/mol. The Hall–Kier alpha value is -1.36. The maximum atomic E-state index is 11.6. The van der Waals surface area contributed by atoms with Gasteiger partial charge in [-0.3, -0.25) is 4.79 Å². The Morgan fingerprint density at radius 1 is 1.41 bits per heavy atom. The molecule has 1 aliphatic heterocycles. The van der Waals surface area contributed by atoms with E-state index in [0.717, 1.165) is 44.0 Å². The van der Waals surface area contributed by atoms with Crippen molar-refractivity contribution >= 4 is 5.82 Å². The summed E-state index contributed by atoms with van der Waals surface area (Å²) in [6.45, 7) is 2.03. The average molecular weight is 234 g/mol. The second kappa shape index (κ2) is 4.14. The van der Waals surface area contributed by atoms with Gasteiger partial charge in [-0.2, -0.15) is 0 Å². The molecule has 1 saturated heterocycles. The van der Waals surface area contributed by atoms with Gasteiger partial charge in [-0.15, -0.1) is 0 Å². The van der Waals surface area contributed by atoms with Gasteiger partial charge in [0, 0.05) is 31.6 Å². The number of nitrogens with one attached hydrogen (secondary N) is 2. The summed E-state index contributed by atoms with van der Waals surface area (Å²) in [5, 5.41) is 3.33. The highest BCUT2D eigenvalue weighted by Gasteiger charge is 2.27. The first kappa shape index (κ1) is 10.8. The second-order valence-electron chi connectivity index (χ2n) is 5.02. The zero-order valence-electron chi connectivity index (χ0n) is 10.1. The quantitative estimate of drug-likeness (QED) is 0.797. The summed E-state index contributed by atoms with van der Waals surface area (Å²) in [4.78, 5) is 21.2. The van der Waals surface area contributed by atoms with E-state index in [2.05, 4.69) is 20.2 Å². The summed E-state index contributed by atoms with van der Waals surface area (Å²) in [5.41, 5.74) is -0.0327. The van der Waals surface area contributed by atoms with Crippen molar-refractivity contribution in [3.8, 4) is 0 Å². The van der Waals surface area contributed by atoms with Crippen molar-refractivity contribution in [3.05, 3.63) is 22.2 Å². The van der Waals surface area contributed by atoms with Crippen molar-refractivity contribution in [1.29, 1.82) is 0 Å². The number of aromatic amines is 1. The van der Waals surface area contributed by atoms with E-state index < -0.39 is 0 Å². The Morgan fingerprint density at radius 2 is 2.24 bits per heavy atom. The van der Waals surface area contributed by atoms with Gasteiger partial charge in [0.15, 0.2) is 0 Å². The lowest BCUT2D eigenvalue weighted by Gasteiger charge is -2.24. The molecule has 5 heteroatoms. The van der Waals surface area contributed by atoms with Crippen LogP contribution in [0, 0.1) is 0 Å². The third kappa shape index (κ3) is 2.20. The van der Waals surface area contributed by atoms with Gasteiger partial charge in [-0.25, -0.2) is 4.98 Å². The molecule has 5 nitrogen and oxygen atoms in total. The van der Waals surface area contributed by atoms with Crippen LogP contribution in [-0.2, 0) is 0 Å². The zero-order chi connectivity index (χ0) is 11.8. The molecule has 0 aromatic carbocycles.